The van der Waals surface area contributed by atoms with Crippen LogP contribution in [-0.4, -0.2) is 41.8 Å². The maximum atomic E-state index is 12.6. The molecular formula is C25H26N4O5. The number of aromatic hydroxyl groups is 2. The van der Waals surface area contributed by atoms with E-state index in [2.05, 4.69) is 21.1 Å². The van der Waals surface area contributed by atoms with Gasteiger partial charge in [-0.15, -0.1) is 0 Å². The molecule has 3 aromatic rings. The molecule has 34 heavy (non-hydrogen) atoms. The van der Waals surface area contributed by atoms with E-state index in [9.17, 15) is 15.0 Å². The molecule has 9 heteroatoms. The maximum absolute atomic E-state index is 12.6. The summed E-state index contributed by atoms with van der Waals surface area (Å²) in [4.78, 5) is 12.6. The predicted molar refractivity (Wildman–Crippen MR) is 131 cm³/mol. The minimum Gasteiger partial charge on any atom is -0.507 e. The second-order valence-corrected chi connectivity index (χ2v) is 7.29. The van der Waals surface area contributed by atoms with E-state index in [1.165, 1.54) is 26.4 Å². The highest BCUT2D eigenvalue weighted by molar-refractivity contribution is 6.03. The lowest BCUT2D eigenvalue weighted by Gasteiger charge is -2.09. The molecule has 0 aliphatic rings. The molecule has 0 bridgehead atoms. The Morgan fingerprint density at radius 3 is 1.88 bits per heavy atom. The van der Waals surface area contributed by atoms with Gasteiger partial charge in [0.1, 0.15) is 23.0 Å². The van der Waals surface area contributed by atoms with Gasteiger partial charge in [0.25, 0.3) is 5.91 Å². The van der Waals surface area contributed by atoms with Crippen LogP contribution in [0.15, 0.2) is 70.9 Å². The van der Waals surface area contributed by atoms with E-state index in [4.69, 9.17) is 9.47 Å². The van der Waals surface area contributed by atoms with Gasteiger partial charge < -0.3 is 19.7 Å². The fourth-order valence-corrected chi connectivity index (χ4v) is 3.09. The smallest absolute Gasteiger partial charge is 0.271 e. The summed E-state index contributed by atoms with van der Waals surface area (Å²) in [6.45, 7) is 3.42. The molecule has 176 valence electrons. The predicted octanol–water partition coefficient (Wildman–Crippen LogP) is 4.11. The van der Waals surface area contributed by atoms with Crippen LogP contribution in [0, 0.1) is 0 Å². The van der Waals surface area contributed by atoms with Crippen LogP contribution in [0.2, 0.25) is 0 Å². The molecule has 0 aliphatic heterocycles. The normalized spacial score (nSPS) is 11.6. The van der Waals surface area contributed by atoms with Gasteiger partial charge in [0.15, 0.2) is 0 Å². The van der Waals surface area contributed by atoms with Crippen molar-refractivity contribution in [3.8, 4) is 23.0 Å². The quantitative estimate of drug-likeness (QED) is 0.295. The number of phenolic OH excluding ortho intramolecular Hbond substituents is 2. The molecule has 0 aliphatic carbocycles. The highest BCUT2D eigenvalue weighted by Gasteiger charge is 2.10. The van der Waals surface area contributed by atoms with Crippen molar-refractivity contribution in [2.45, 2.75) is 13.8 Å². The number of ether oxygens (including phenoxy) is 2. The first-order valence-corrected chi connectivity index (χ1v) is 10.3. The zero-order chi connectivity index (χ0) is 24.7. The molecule has 3 rings (SSSR count). The second kappa shape index (κ2) is 10.9. The van der Waals surface area contributed by atoms with Crippen LogP contribution in [0.1, 0.15) is 35.3 Å². The lowest BCUT2D eigenvalue weighted by atomic mass is 10.1. The van der Waals surface area contributed by atoms with E-state index < -0.39 is 5.91 Å². The van der Waals surface area contributed by atoms with Crippen molar-refractivity contribution in [3.63, 3.8) is 0 Å². The first-order chi connectivity index (χ1) is 16.3. The number of hydrazone groups is 2. The fourth-order valence-electron chi connectivity index (χ4n) is 3.09. The van der Waals surface area contributed by atoms with Crippen molar-refractivity contribution in [1.82, 2.24) is 5.43 Å². The van der Waals surface area contributed by atoms with E-state index >= 15 is 0 Å². The summed E-state index contributed by atoms with van der Waals surface area (Å²) in [6.07, 6.45) is 0. The van der Waals surface area contributed by atoms with Crippen molar-refractivity contribution >= 4 is 23.0 Å². The van der Waals surface area contributed by atoms with Gasteiger partial charge in [-0.3, -0.25) is 10.2 Å². The number of amides is 1. The molecule has 4 N–H and O–H groups in total. The van der Waals surface area contributed by atoms with E-state index in [0.29, 0.717) is 45.3 Å². The molecule has 0 saturated heterocycles. The van der Waals surface area contributed by atoms with Crippen molar-refractivity contribution in [3.05, 3.63) is 77.4 Å². The lowest BCUT2D eigenvalue weighted by molar-refractivity contribution is 0.0955. The van der Waals surface area contributed by atoms with Crippen molar-refractivity contribution in [1.29, 1.82) is 0 Å². The summed E-state index contributed by atoms with van der Waals surface area (Å²) in [5.41, 5.74) is 8.32. The Hall–Kier alpha value is -4.53. The lowest BCUT2D eigenvalue weighted by Crippen LogP contribution is -2.19. The van der Waals surface area contributed by atoms with E-state index in [-0.39, 0.29) is 11.5 Å². The van der Waals surface area contributed by atoms with Gasteiger partial charge in [0.2, 0.25) is 0 Å². The molecule has 3 aromatic carbocycles. The number of benzene rings is 3. The molecule has 0 saturated carbocycles. The van der Waals surface area contributed by atoms with Crippen molar-refractivity contribution in [2.24, 2.45) is 10.2 Å². The van der Waals surface area contributed by atoms with Crippen LogP contribution in [0.3, 0.4) is 0 Å². The third kappa shape index (κ3) is 5.83. The highest BCUT2D eigenvalue weighted by Crippen LogP contribution is 2.25. The largest absolute Gasteiger partial charge is 0.507 e. The summed E-state index contributed by atoms with van der Waals surface area (Å²) in [7, 11) is 3.03. The molecule has 0 unspecified atom stereocenters. The van der Waals surface area contributed by atoms with Gasteiger partial charge in [0.05, 0.1) is 31.3 Å². The standard InChI is InChI=1S/C25H26N4O5/c1-15(21-10-8-19(33-3)13-23(21)30)26-28-18-7-5-6-17(12-18)25(32)29-27-16(2)22-11-9-20(34-4)14-24(22)31/h5-14,28,30-31H,1-4H3,(H,29,32)/b26-15+,27-16+. The van der Waals surface area contributed by atoms with Crippen LogP contribution in [0.25, 0.3) is 0 Å². The second-order valence-electron chi connectivity index (χ2n) is 7.29. The highest BCUT2D eigenvalue weighted by atomic mass is 16.5. The summed E-state index contributed by atoms with van der Waals surface area (Å²) in [5.74, 6) is 0.677. The number of nitrogens with zero attached hydrogens (tertiary/aromatic N) is 2. The minimum absolute atomic E-state index is 0.00262. The number of methoxy groups -OCH3 is 2. The Bertz CT molecular complexity index is 1250. The van der Waals surface area contributed by atoms with Crippen LogP contribution in [-0.2, 0) is 0 Å². The summed E-state index contributed by atoms with van der Waals surface area (Å²) in [6, 6.07) is 16.5. The zero-order valence-electron chi connectivity index (χ0n) is 19.3. The summed E-state index contributed by atoms with van der Waals surface area (Å²) < 4.78 is 10.2. The van der Waals surface area contributed by atoms with Crippen LogP contribution >= 0.6 is 0 Å². The third-order valence-electron chi connectivity index (χ3n) is 4.99. The van der Waals surface area contributed by atoms with Crippen LogP contribution in [0.4, 0.5) is 5.69 Å². The van der Waals surface area contributed by atoms with Gasteiger partial charge in [-0.05, 0) is 56.3 Å². The van der Waals surface area contributed by atoms with Gasteiger partial charge >= 0.3 is 0 Å². The van der Waals surface area contributed by atoms with Gasteiger partial charge in [-0.1, -0.05) is 6.07 Å². The Balaban J connectivity index is 1.69. The first kappa shape index (κ1) is 24.1. The fraction of sp³-hybridized carbons (Fsp3) is 0.160. The molecule has 0 aromatic heterocycles. The first-order valence-electron chi connectivity index (χ1n) is 10.3. The number of rotatable bonds is 8. The number of carbonyl (C=O) groups excluding carboxylic acids is 1. The number of nitrogens with one attached hydrogen (secondary N) is 2. The minimum atomic E-state index is -0.426. The summed E-state index contributed by atoms with van der Waals surface area (Å²) in [5, 5.41) is 28.7. The number of hydrogen-bond donors (Lipinski definition) is 4. The number of hydrogen-bond acceptors (Lipinski definition) is 8. The average Bonchev–Trinajstić information content (AvgIpc) is 2.85. The Morgan fingerprint density at radius 1 is 0.794 bits per heavy atom. The van der Waals surface area contributed by atoms with Gasteiger partial charge in [-0.2, -0.15) is 10.2 Å². The van der Waals surface area contributed by atoms with E-state index in [0.717, 1.165) is 0 Å². The average molecular weight is 463 g/mol. The van der Waals surface area contributed by atoms with Crippen molar-refractivity contribution in [2.75, 3.05) is 19.6 Å². The van der Waals surface area contributed by atoms with E-state index in [1.54, 1.807) is 62.4 Å². The number of carbonyl (C=O) groups is 1. The molecule has 0 atom stereocenters. The van der Waals surface area contributed by atoms with Crippen molar-refractivity contribution < 1.29 is 24.5 Å². The summed E-state index contributed by atoms with van der Waals surface area (Å²) >= 11 is 0. The molecule has 0 fully saturated rings. The van der Waals surface area contributed by atoms with E-state index in [1.807, 2.05) is 0 Å². The Labute approximate surface area is 197 Å². The van der Waals surface area contributed by atoms with Gasteiger partial charge in [-0.25, -0.2) is 5.43 Å². The molecule has 0 heterocycles. The molecule has 0 radical (unpaired) electrons. The Morgan fingerprint density at radius 2 is 1.35 bits per heavy atom. The van der Waals surface area contributed by atoms with Crippen LogP contribution < -0.4 is 20.3 Å². The van der Waals surface area contributed by atoms with Gasteiger partial charge in [0, 0.05) is 28.8 Å². The molecule has 0 spiro atoms. The third-order valence-corrected chi connectivity index (χ3v) is 4.99. The van der Waals surface area contributed by atoms with Crippen LogP contribution in [0.5, 0.6) is 23.0 Å². The molecule has 1 amide bonds. The molecular weight excluding hydrogens is 436 g/mol. The Kier molecular flexibility index (Phi) is 7.71. The maximum Gasteiger partial charge on any atom is 0.271 e. The zero-order valence-corrected chi connectivity index (χ0v) is 19.3. The molecule has 9 nitrogen and oxygen atoms in total. The topological polar surface area (TPSA) is 125 Å². The number of phenols is 2. The monoisotopic (exact) mass is 462 g/mol. The number of anilines is 1. The SMILES string of the molecule is COc1ccc(/C(C)=N/NC(=O)c2cccc(N/N=C(\C)c3ccc(OC)cc3O)c2)c(O)c1.